The van der Waals surface area contributed by atoms with E-state index in [1.165, 1.54) is 19.4 Å². The summed E-state index contributed by atoms with van der Waals surface area (Å²) in [4.78, 5) is 15.3. The van der Waals surface area contributed by atoms with Crippen molar-refractivity contribution in [3.8, 4) is 0 Å². The van der Waals surface area contributed by atoms with Crippen LogP contribution >= 0.6 is 11.6 Å². The van der Waals surface area contributed by atoms with E-state index in [9.17, 15) is 4.79 Å². The lowest BCUT2D eigenvalue weighted by atomic mass is 10.2. The molecule has 0 aliphatic carbocycles. The summed E-state index contributed by atoms with van der Waals surface area (Å²) in [6, 6.07) is 0. The van der Waals surface area contributed by atoms with Crippen molar-refractivity contribution in [2.45, 2.75) is 0 Å². The number of anilines is 1. The first-order valence-corrected chi connectivity index (χ1v) is 4.60. The molecule has 1 N–H and O–H groups in total. The Balaban J connectivity index is 3.35. The average molecular weight is 227 g/mol. The number of halogens is 1. The molecule has 4 nitrogen and oxygen atoms in total. The minimum atomic E-state index is -0.516. The van der Waals surface area contributed by atoms with Crippen molar-refractivity contribution in [1.82, 2.24) is 4.98 Å². The Morgan fingerprint density at radius 2 is 2.40 bits per heavy atom. The van der Waals surface area contributed by atoms with Gasteiger partial charge >= 0.3 is 5.97 Å². The molecule has 0 spiro atoms. The van der Waals surface area contributed by atoms with E-state index in [2.05, 4.69) is 21.6 Å². The number of hydrogen-bond donors (Lipinski definition) is 1. The number of hydrogen-bond acceptors (Lipinski definition) is 4. The second-order valence-electron chi connectivity index (χ2n) is 2.69. The van der Waals surface area contributed by atoms with Gasteiger partial charge in [0.2, 0.25) is 0 Å². The van der Waals surface area contributed by atoms with Crippen molar-refractivity contribution in [3.63, 3.8) is 0 Å². The van der Waals surface area contributed by atoms with Gasteiger partial charge in [0.25, 0.3) is 0 Å². The number of esters is 1. The molecule has 0 aromatic carbocycles. The maximum absolute atomic E-state index is 11.3. The van der Waals surface area contributed by atoms with Crippen LogP contribution in [0.4, 0.5) is 5.82 Å². The van der Waals surface area contributed by atoms with Gasteiger partial charge in [-0.25, -0.2) is 9.78 Å². The van der Waals surface area contributed by atoms with Gasteiger partial charge in [0.15, 0.2) is 0 Å². The van der Waals surface area contributed by atoms with E-state index in [1.54, 1.807) is 7.05 Å². The number of pyridine rings is 1. The lowest BCUT2D eigenvalue weighted by Gasteiger charge is -2.09. The van der Waals surface area contributed by atoms with Crippen molar-refractivity contribution in [1.29, 1.82) is 0 Å². The highest BCUT2D eigenvalue weighted by molar-refractivity contribution is 6.35. The third-order valence-electron chi connectivity index (χ3n) is 1.90. The monoisotopic (exact) mass is 226 g/mol. The minimum absolute atomic E-state index is 0.230. The van der Waals surface area contributed by atoms with Crippen molar-refractivity contribution in [2.24, 2.45) is 0 Å². The Bertz CT molecular complexity index is 405. The van der Waals surface area contributed by atoms with Crippen molar-refractivity contribution >= 4 is 29.5 Å². The van der Waals surface area contributed by atoms with Gasteiger partial charge in [0, 0.05) is 18.8 Å². The number of rotatable bonds is 3. The summed E-state index contributed by atoms with van der Waals surface area (Å²) >= 11 is 6.01. The summed E-state index contributed by atoms with van der Waals surface area (Å²) in [5.41, 5.74) is 0.815. The lowest BCUT2D eigenvalue weighted by Crippen LogP contribution is -2.06. The predicted octanol–water partition coefficient (Wildman–Crippen LogP) is 2.21. The summed E-state index contributed by atoms with van der Waals surface area (Å²) in [5.74, 6) is 0.0564. The molecule has 0 fully saturated rings. The van der Waals surface area contributed by atoms with E-state index < -0.39 is 5.97 Å². The molecule has 1 aromatic rings. The van der Waals surface area contributed by atoms with E-state index in [4.69, 9.17) is 11.6 Å². The number of nitrogens with one attached hydrogen (secondary N) is 1. The van der Waals surface area contributed by atoms with Crippen LogP contribution in [0.2, 0.25) is 5.02 Å². The molecule has 80 valence electrons. The van der Waals surface area contributed by atoms with Gasteiger partial charge in [-0.05, 0) is 0 Å². The first-order chi connectivity index (χ1) is 7.15. The van der Waals surface area contributed by atoms with Crippen LogP contribution < -0.4 is 5.32 Å². The van der Waals surface area contributed by atoms with E-state index in [1.807, 2.05) is 0 Å². The molecule has 0 unspecified atom stereocenters. The van der Waals surface area contributed by atoms with Gasteiger partial charge in [0.05, 0.1) is 17.7 Å². The van der Waals surface area contributed by atoms with E-state index >= 15 is 0 Å². The van der Waals surface area contributed by atoms with Crippen molar-refractivity contribution < 1.29 is 9.53 Å². The zero-order valence-electron chi connectivity index (χ0n) is 8.50. The smallest absolute Gasteiger partial charge is 0.340 e. The molecule has 0 saturated heterocycles. The Morgan fingerprint density at radius 1 is 1.73 bits per heavy atom. The highest BCUT2D eigenvalue weighted by Crippen LogP contribution is 2.27. The number of ether oxygens (including phenoxy) is 1. The molecule has 0 aliphatic heterocycles. The number of methoxy groups -OCH3 is 1. The second kappa shape index (κ2) is 4.79. The zero-order chi connectivity index (χ0) is 11.4. The normalized spacial score (nSPS) is 9.53. The summed E-state index contributed by atoms with van der Waals surface area (Å²) < 4.78 is 4.57. The van der Waals surface area contributed by atoms with E-state index in [0.29, 0.717) is 11.4 Å². The third-order valence-corrected chi connectivity index (χ3v) is 2.30. The molecule has 0 atom stereocenters. The summed E-state index contributed by atoms with van der Waals surface area (Å²) in [5, 5.41) is 3.14. The molecule has 0 bridgehead atoms. The van der Waals surface area contributed by atoms with E-state index in [0.717, 1.165) is 0 Å². The molecular formula is C10H11ClN2O2. The minimum Gasteiger partial charge on any atom is -0.465 e. The Kier molecular flexibility index (Phi) is 3.68. The van der Waals surface area contributed by atoms with Crippen LogP contribution in [0.5, 0.6) is 0 Å². The fourth-order valence-electron chi connectivity index (χ4n) is 1.14. The van der Waals surface area contributed by atoms with Gasteiger partial charge in [0.1, 0.15) is 5.82 Å². The lowest BCUT2D eigenvalue weighted by molar-refractivity contribution is 0.0600. The number of aromatic nitrogens is 1. The first-order valence-electron chi connectivity index (χ1n) is 4.22. The van der Waals surface area contributed by atoms with Crippen LogP contribution in [-0.2, 0) is 4.74 Å². The molecular weight excluding hydrogens is 216 g/mol. The largest absolute Gasteiger partial charge is 0.465 e. The summed E-state index contributed by atoms with van der Waals surface area (Å²) in [6.45, 7) is 3.61. The van der Waals surface area contributed by atoms with Crippen LogP contribution in [0, 0.1) is 0 Å². The Hall–Kier alpha value is -1.55. The Labute approximate surface area is 92.9 Å². The molecule has 15 heavy (non-hydrogen) atoms. The van der Waals surface area contributed by atoms with Gasteiger partial charge in [-0.1, -0.05) is 24.3 Å². The fraction of sp³-hybridized carbons (Fsp3) is 0.200. The molecule has 5 heteroatoms. The summed E-state index contributed by atoms with van der Waals surface area (Å²) in [7, 11) is 3.00. The number of carbonyl (C=O) groups is 1. The molecule has 0 radical (unpaired) electrons. The van der Waals surface area contributed by atoms with Crippen LogP contribution in [-0.4, -0.2) is 25.1 Å². The van der Waals surface area contributed by atoms with Crippen molar-refractivity contribution in [2.75, 3.05) is 19.5 Å². The van der Waals surface area contributed by atoms with Crippen LogP contribution in [0.25, 0.3) is 6.08 Å². The molecule has 1 aromatic heterocycles. The third kappa shape index (κ3) is 2.10. The maximum Gasteiger partial charge on any atom is 0.340 e. The van der Waals surface area contributed by atoms with Crippen LogP contribution in [0.15, 0.2) is 12.8 Å². The van der Waals surface area contributed by atoms with E-state index in [-0.39, 0.29) is 10.6 Å². The van der Waals surface area contributed by atoms with Gasteiger partial charge < -0.3 is 10.1 Å². The van der Waals surface area contributed by atoms with Gasteiger partial charge in [-0.15, -0.1) is 0 Å². The Morgan fingerprint density at radius 3 is 2.87 bits per heavy atom. The molecule has 1 heterocycles. The maximum atomic E-state index is 11.3. The fourth-order valence-corrected chi connectivity index (χ4v) is 1.43. The zero-order valence-corrected chi connectivity index (χ0v) is 9.26. The molecule has 0 saturated carbocycles. The highest BCUT2D eigenvalue weighted by atomic mass is 35.5. The highest BCUT2D eigenvalue weighted by Gasteiger charge is 2.16. The molecule has 0 aliphatic rings. The topological polar surface area (TPSA) is 51.2 Å². The molecule has 0 amide bonds. The second-order valence-corrected chi connectivity index (χ2v) is 3.07. The first kappa shape index (κ1) is 11.5. The van der Waals surface area contributed by atoms with Crippen LogP contribution in [0.1, 0.15) is 15.9 Å². The van der Waals surface area contributed by atoms with Crippen LogP contribution in [0.3, 0.4) is 0 Å². The quantitative estimate of drug-likeness (QED) is 0.803. The standard InChI is InChI=1S/C10H11ClN2O2/c1-4-6-8(11)7(10(14)15-3)5-13-9(6)12-2/h4-5H,1H2,2-3H3,(H,12,13). The number of carbonyl (C=O) groups excluding carboxylic acids is 1. The van der Waals surface area contributed by atoms with Crippen molar-refractivity contribution in [3.05, 3.63) is 28.9 Å². The SMILES string of the molecule is C=Cc1c(NC)ncc(C(=O)OC)c1Cl. The number of nitrogens with zero attached hydrogens (tertiary/aromatic N) is 1. The predicted molar refractivity (Wildman–Crippen MR) is 60.2 cm³/mol. The van der Waals surface area contributed by atoms with Gasteiger partial charge in [-0.3, -0.25) is 0 Å². The van der Waals surface area contributed by atoms with Gasteiger partial charge in [-0.2, -0.15) is 0 Å². The summed E-state index contributed by atoms with van der Waals surface area (Å²) in [6.07, 6.45) is 2.90. The average Bonchev–Trinajstić information content (AvgIpc) is 2.27. The molecule has 1 rings (SSSR count).